The number of pyridine rings is 1. The summed E-state index contributed by atoms with van der Waals surface area (Å²) >= 11 is 0. The number of rotatable bonds is 3. The normalized spacial score (nSPS) is 17.4. The van der Waals surface area contributed by atoms with Crippen molar-refractivity contribution in [2.75, 3.05) is 29.9 Å². The molecule has 7 nitrogen and oxygen atoms in total. The predicted molar refractivity (Wildman–Crippen MR) is 109 cm³/mol. The van der Waals surface area contributed by atoms with Gasteiger partial charge in [-0.15, -0.1) is 0 Å². The van der Waals surface area contributed by atoms with Crippen molar-refractivity contribution < 1.29 is 8.78 Å². The van der Waals surface area contributed by atoms with E-state index in [9.17, 15) is 8.78 Å². The van der Waals surface area contributed by atoms with E-state index >= 15 is 0 Å². The number of fused-ring (bicyclic) bond motifs is 2. The fraction of sp³-hybridized carbons (Fsp3) is 0.300. The van der Waals surface area contributed by atoms with Crippen molar-refractivity contribution in [2.24, 2.45) is 0 Å². The molecule has 0 aliphatic carbocycles. The van der Waals surface area contributed by atoms with Crippen LogP contribution in [0.3, 0.4) is 0 Å². The Bertz CT molecular complexity index is 1210. The lowest BCUT2D eigenvalue weighted by Gasteiger charge is -2.33. The summed E-state index contributed by atoms with van der Waals surface area (Å²) in [5.41, 5.74) is 2.84. The fourth-order valence-corrected chi connectivity index (χ4v) is 3.92. The van der Waals surface area contributed by atoms with E-state index in [4.69, 9.17) is 0 Å². The van der Waals surface area contributed by atoms with Crippen LogP contribution >= 0.6 is 0 Å². The van der Waals surface area contributed by atoms with Gasteiger partial charge in [0.1, 0.15) is 5.82 Å². The minimum atomic E-state index is -0.460. The molecule has 0 bridgehead atoms. The second-order valence-corrected chi connectivity index (χ2v) is 7.54. The van der Waals surface area contributed by atoms with Gasteiger partial charge in [0.2, 0.25) is 0 Å². The monoisotopic (exact) mass is 397 g/mol. The van der Waals surface area contributed by atoms with Crippen LogP contribution < -0.4 is 15.5 Å². The number of H-pyrrole nitrogens is 1. The number of piperazine rings is 1. The maximum Gasteiger partial charge on any atom is 0.173 e. The van der Waals surface area contributed by atoms with Crippen LogP contribution in [0.4, 0.5) is 26.0 Å². The molecule has 1 aliphatic rings. The summed E-state index contributed by atoms with van der Waals surface area (Å²) in [6, 6.07) is 5.11. The highest BCUT2D eigenvalue weighted by molar-refractivity contribution is 5.94. The summed E-state index contributed by atoms with van der Waals surface area (Å²) in [4.78, 5) is 6.30. The number of aromatic nitrogens is 4. The van der Waals surface area contributed by atoms with Gasteiger partial charge in [-0.1, -0.05) is 0 Å². The van der Waals surface area contributed by atoms with Gasteiger partial charge in [0.15, 0.2) is 17.3 Å². The summed E-state index contributed by atoms with van der Waals surface area (Å²) < 4.78 is 30.9. The van der Waals surface area contributed by atoms with Gasteiger partial charge >= 0.3 is 0 Å². The van der Waals surface area contributed by atoms with Crippen LogP contribution in [-0.2, 0) is 0 Å². The van der Waals surface area contributed by atoms with Crippen LogP contribution in [0, 0.1) is 18.6 Å². The minimum absolute atomic E-state index is 0.251. The van der Waals surface area contributed by atoms with E-state index in [1.54, 1.807) is 23.7 Å². The molecular weight excluding hydrogens is 376 g/mol. The van der Waals surface area contributed by atoms with Gasteiger partial charge in [-0.05, 0) is 26.0 Å². The van der Waals surface area contributed by atoms with E-state index in [0.29, 0.717) is 34.1 Å². The van der Waals surface area contributed by atoms with Crippen molar-refractivity contribution in [1.82, 2.24) is 24.9 Å². The molecule has 0 spiro atoms. The molecule has 3 aromatic heterocycles. The number of anilines is 3. The molecule has 150 valence electrons. The Morgan fingerprint density at radius 1 is 1.17 bits per heavy atom. The first-order valence-electron chi connectivity index (χ1n) is 9.56. The highest BCUT2D eigenvalue weighted by Crippen LogP contribution is 2.31. The molecule has 1 atom stereocenters. The molecule has 0 saturated carbocycles. The van der Waals surface area contributed by atoms with Gasteiger partial charge in [-0.2, -0.15) is 5.10 Å². The Balaban J connectivity index is 1.50. The summed E-state index contributed by atoms with van der Waals surface area (Å²) in [7, 11) is 0. The first-order chi connectivity index (χ1) is 14.0. The van der Waals surface area contributed by atoms with Crippen molar-refractivity contribution in [1.29, 1.82) is 0 Å². The lowest BCUT2D eigenvalue weighted by molar-refractivity contribution is 0.484. The number of nitrogens with one attached hydrogen (secondary N) is 3. The second-order valence-electron chi connectivity index (χ2n) is 7.54. The van der Waals surface area contributed by atoms with Crippen LogP contribution in [0.25, 0.3) is 16.6 Å². The molecule has 1 aliphatic heterocycles. The molecule has 9 heteroatoms. The van der Waals surface area contributed by atoms with Crippen LogP contribution in [-0.4, -0.2) is 45.3 Å². The second kappa shape index (κ2) is 6.70. The number of imidazole rings is 1. The Morgan fingerprint density at radius 3 is 2.86 bits per heavy atom. The van der Waals surface area contributed by atoms with E-state index in [2.05, 4.69) is 37.6 Å². The maximum absolute atomic E-state index is 15.0. The van der Waals surface area contributed by atoms with Crippen molar-refractivity contribution in [3.63, 3.8) is 0 Å². The Hall–Kier alpha value is -3.20. The van der Waals surface area contributed by atoms with E-state index in [0.717, 1.165) is 25.3 Å². The summed E-state index contributed by atoms with van der Waals surface area (Å²) in [6.45, 7) is 6.40. The van der Waals surface area contributed by atoms with E-state index in [1.807, 2.05) is 6.07 Å². The summed E-state index contributed by atoms with van der Waals surface area (Å²) in [6.07, 6.45) is 3.43. The third-order valence-electron chi connectivity index (χ3n) is 5.22. The number of hydrogen-bond donors (Lipinski definition) is 3. The molecule has 4 aromatic rings. The molecular formula is C20H21F2N7. The molecule has 1 unspecified atom stereocenters. The summed E-state index contributed by atoms with van der Waals surface area (Å²) in [5, 5.41) is 13.9. The first-order valence-corrected chi connectivity index (χ1v) is 9.56. The Labute approximate surface area is 165 Å². The van der Waals surface area contributed by atoms with Gasteiger partial charge in [0.25, 0.3) is 0 Å². The number of nitrogens with zero attached hydrogens (tertiary/aromatic N) is 4. The van der Waals surface area contributed by atoms with Crippen molar-refractivity contribution in [3.8, 4) is 0 Å². The largest absolute Gasteiger partial charge is 0.369 e. The highest BCUT2D eigenvalue weighted by atomic mass is 19.1. The SMILES string of the molecule is Cc1cn2cc(Nc3n[nH]c4cc(N5CCNC(C)C5)cc(F)c34)cc(F)c2n1. The van der Waals surface area contributed by atoms with E-state index < -0.39 is 5.82 Å². The average Bonchev–Trinajstić information content (AvgIpc) is 3.25. The molecule has 3 N–H and O–H groups in total. The van der Waals surface area contributed by atoms with Gasteiger partial charge in [-0.3, -0.25) is 5.10 Å². The number of aryl methyl sites for hydroxylation is 1. The van der Waals surface area contributed by atoms with Gasteiger partial charge in [-0.25, -0.2) is 13.8 Å². The molecule has 0 amide bonds. The van der Waals surface area contributed by atoms with Crippen LogP contribution in [0.1, 0.15) is 12.6 Å². The van der Waals surface area contributed by atoms with Gasteiger partial charge in [0.05, 0.1) is 22.3 Å². The number of benzene rings is 1. The molecule has 1 saturated heterocycles. The lowest BCUT2D eigenvalue weighted by Crippen LogP contribution is -2.49. The van der Waals surface area contributed by atoms with Gasteiger partial charge < -0.3 is 19.9 Å². The Kier molecular flexibility index (Phi) is 4.13. The molecule has 1 fully saturated rings. The van der Waals surface area contributed by atoms with Crippen LogP contribution in [0.2, 0.25) is 0 Å². The Morgan fingerprint density at radius 2 is 2.03 bits per heavy atom. The highest BCUT2D eigenvalue weighted by Gasteiger charge is 2.20. The van der Waals surface area contributed by atoms with Crippen molar-refractivity contribution in [3.05, 3.63) is 47.9 Å². The topological polar surface area (TPSA) is 73.3 Å². The number of halogens is 2. The van der Waals surface area contributed by atoms with Gasteiger partial charge in [0, 0.05) is 49.8 Å². The zero-order valence-electron chi connectivity index (χ0n) is 16.1. The summed E-state index contributed by atoms with van der Waals surface area (Å²) in [5.74, 6) is -0.521. The zero-order valence-corrected chi connectivity index (χ0v) is 16.1. The zero-order chi connectivity index (χ0) is 20.1. The van der Waals surface area contributed by atoms with Crippen molar-refractivity contribution >= 4 is 33.7 Å². The molecule has 0 radical (unpaired) electrons. The first kappa shape index (κ1) is 17.9. The smallest absolute Gasteiger partial charge is 0.173 e. The molecule has 5 rings (SSSR count). The number of hydrogen-bond acceptors (Lipinski definition) is 5. The fourth-order valence-electron chi connectivity index (χ4n) is 3.92. The molecule has 4 heterocycles. The van der Waals surface area contributed by atoms with Crippen LogP contribution in [0.15, 0.2) is 30.6 Å². The maximum atomic E-state index is 15.0. The third-order valence-corrected chi connectivity index (χ3v) is 5.22. The minimum Gasteiger partial charge on any atom is -0.369 e. The molecule has 29 heavy (non-hydrogen) atoms. The van der Waals surface area contributed by atoms with Crippen molar-refractivity contribution in [2.45, 2.75) is 19.9 Å². The molecule has 1 aromatic carbocycles. The standard InChI is InChI=1S/C20H21F2N7/c1-11-8-28(4-3-23-11)14-6-15(21)18-17(7-14)26-27-19(18)25-13-5-16(22)20-24-12(2)9-29(20)10-13/h5-7,9-11,23H,3-4,8H2,1-2H3,(H2,25,26,27). The van der Waals surface area contributed by atoms with Crippen LogP contribution in [0.5, 0.6) is 0 Å². The average molecular weight is 397 g/mol. The quantitative estimate of drug-likeness (QED) is 0.495. The lowest BCUT2D eigenvalue weighted by atomic mass is 10.1. The third kappa shape index (κ3) is 3.17. The van der Waals surface area contributed by atoms with E-state index in [-0.39, 0.29) is 11.5 Å². The van der Waals surface area contributed by atoms with E-state index in [1.165, 1.54) is 12.1 Å². The number of aromatic amines is 1. The predicted octanol–water partition coefficient (Wildman–Crippen LogP) is 3.34.